The van der Waals surface area contributed by atoms with Gasteiger partial charge in [0, 0.05) is 0 Å². The van der Waals surface area contributed by atoms with Crippen molar-refractivity contribution in [1.29, 1.82) is 0 Å². The van der Waals surface area contributed by atoms with Gasteiger partial charge in [-0.05, 0) is 32.9 Å². The zero-order chi connectivity index (χ0) is 9.47. The van der Waals surface area contributed by atoms with Gasteiger partial charge in [0.1, 0.15) is 0 Å². The number of hydrogen-bond donors (Lipinski definition) is 0. The van der Waals surface area contributed by atoms with Gasteiger partial charge in [-0.3, -0.25) is 0 Å². The third kappa shape index (κ3) is 1.64. The lowest BCUT2D eigenvalue weighted by atomic mass is 10.3. The van der Waals surface area contributed by atoms with E-state index in [-0.39, 0.29) is 5.16 Å². The Hall–Kier alpha value is -0.750. The Balaban J connectivity index is 2.23. The Kier molecular flexibility index (Phi) is 1.96. The second-order valence-electron chi connectivity index (χ2n) is 4.06. The van der Waals surface area contributed by atoms with Crippen LogP contribution < -0.4 is 9.05 Å². The SMILES string of the molecule is CC(C)(C)P1Oc2ccccc2O1. The van der Waals surface area contributed by atoms with Gasteiger partial charge in [0.2, 0.25) is 0 Å². The van der Waals surface area contributed by atoms with Crippen LogP contribution in [0.1, 0.15) is 20.8 Å². The van der Waals surface area contributed by atoms with Gasteiger partial charge >= 0.3 is 0 Å². The average Bonchev–Trinajstić information content (AvgIpc) is 2.45. The molecule has 1 aromatic carbocycles. The van der Waals surface area contributed by atoms with Crippen molar-refractivity contribution in [3.63, 3.8) is 0 Å². The zero-order valence-electron chi connectivity index (χ0n) is 8.07. The molecular weight excluding hydrogens is 183 g/mol. The molecule has 0 bridgehead atoms. The fourth-order valence-electron chi connectivity index (χ4n) is 1.07. The van der Waals surface area contributed by atoms with Gasteiger partial charge in [-0.2, -0.15) is 0 Å². The van der Waals surface area contributed by atoms with Gasteiger partial charge in [0.15, 0.2) is 11.5 Å². The summed E-state index contributed by atoms with van der Waals surface area (Å²) in [5.74, 6) is 1.76. The van der Waals surface area contributed by atoms with E-state index in [4.69, 9.17) is 9.05 Å². The molecule has 0 N–H and O–H groups in total. The molecule has 2 nitrogen and oxygen atoms in total. The van der Waals surface area contributed by atoms with E-state index in [2.05, 4.69) is 20.8 Å². The first kappa shape index (κ1) is 8.83. The number of para-hydroxylation sites is 2. The number of rotatable bonds is 0. The molecule has 0 unspecified atom stereocenters. The van der Waals surface area contributed by atoms with Gasteiger partial charge in [0.25, 0.3) is 8.38 Å². The van der Waals surface area contributed by atoms with Crippen LogP contribution in [0.3, 0.4) is 0 Å². The Labute approximate surface area is 79.8 Å². The van der Waals surface area contributed by atoms with Gasteiger partial charge in [0.05, 0.1) is 5.16 Å². The lowest BCUT2D eigenvalue weighted by Gasteiger charge is -2.22. The van der Waals surface area contributed by atoms with Gasteiger partial charge in [-0.15, -0.1) is 0 Å². The monoisotopic (exact) mass is 196 g/mol. The van der Waals surface area contributed by atoms with Crippen LogP contribution in [0.5, 0.6) is 11.5 Å². The highest BCUT2D eigenvalue weighted by atomic mass is 31.2. The highest BCUT2D eigenvalue weighted by Crippen LogP contribution is 2.58. The van der Waals surface area contributed by atoms with Crippen molar-refractivity contribution in [2.24, 2.45) is 0 Å². The fraction of sp³-hybridized carbons (Fsp3) is 0.400. The molecule has 0 saturated heterocycles. The molecule has 13 heavy (non-hydrogen) atoms. The summed E-state index contributed by atoms with van der Waals surface area (Å²) in [6.45, 7) is 6.39. The highest BCUT2D eigenvalue weighted by Gasteiger charge is 2.36. The fourth-order valence-corrected chi connectivity index (χ4v) is 2.32. The molecule has 0 spiro atoms. The van der Waals surface area contributed by atoms with Crippen LogP contribution in [0.2, 0.25) is 0 Å². The molecule has 0 aromatic heterocycles. The molecule has 0 atom stereocenters. The third-order valence-corrected chi connectivity index (χ3v) is 3.58. The molecule has 0 saturated carbocycles. The van der Waals surface area contributed by atoms with Crippen molar-refractivity contribution < 1.29 is 9.05 Å². The first-order chi connectivity index (χ1) is 6.07. The third-order valence-electron chi connectivity index (χ3n) is 1.76. The van der Waals surface area contributed by atoms with Crippen LogP contribution >= 0.6 is 8.38 Å². The smallest absolute Gasteiger partial charge is 0.296 e. The van der Waals surface area contributed by atoms with E-state index in [1.807, 2.05) is 24.3 Å². The minimum atomic E-state index is -0.813. The highest BCUT2D eigenvalue weighted by molar-refractivity contribution is 7.50. The first-order valence-electron chi connectivity index (χ1n) is 4.32. The molecule has 0 radical (unpaired) electrons. The summed E-state index contributed by atoms with van der Waals surface area (Å²) in [5.41, 5.74) is 0. The van der Waals surface area contributed by atoms with Crippen molar-refractivity contribution in [2.45, 2.75) is 25.9 Å². The predicted molar refractivity (Wildman–Crippen MR) is 54.4 cm³/mol. The molecule has 0 aliphatic carbocycles. The summed E-state index contributed by atoms with van der Waals surface area (Å²) >= 11 is 0. The number of hydrogen-bond acceptors (Lipinski definition) is 2. The molecule has 2 rings (SSSR count). The summed E-state index contributed by atoms with van der Waals surface area (Å²) in [4.78, 5) is 0. The summed E-state index contributed by atoms with van der Waals surface area (Å²) < 4.78 is 11.4. The van der Waals surface area contributed by atoms with E-state index in [1.165, 1.54) is 0 Å². The maximum absolute atomic E-state index is 5.71. The van der Waals surface area contributed by atoms with Gasteiger partial charge in [-0.25, -0.2) is 0 Å². The van der Waals surface area contributed by atoms with Gasteiger partial charge < -0.3 is 9.05 Å². The molecule has 1 aliphatic rings. The normalized spacial score (nSPS) is 16.2. The lowest BCUT2D eigenvalue weighted by Crippen LogP contribution is -2.14. The maximum Gasteiger partial charge on any atom is 0.296 e. The maximum atomic E-state index is 5.71. The second-order valence-corrected chi connectivity index (χ2v) is 6.28. The van der Waals surface area contributed by atoms with E-state index < -0.39 is 8.38 Å². The Morgan fingerprint density at radius 3 is 1.85 bits per heavy atom. The van der Waals surface area contributed by atoms with Crippen molar-refractivity contribution in [3.8, 4) is 11.5 Å². The largest absolute Gasteiger partial charge is 0.434 e. The Morgan fingerprint density at radius 2 is 1.46 bits per heavy atom. The van der Waals surface area contributed by atoms with Gasteiger partial charge in [-0.1, -0.05) is 12.1 Å². The van der Waals surface area contributed by atoms with Crippen LogP contribution in [0, 0.1) is 0 Å². The Bertz CT molecular complexity index is 292. The van der Waals surface area contributed by atoms with Crippen molar-refractivity contribution >= 4 is 8.38 Å². The first-order valence-corrected chi connectivity index (χ1v) is 5.50. The minimum Gasteiger partial charge on any atom is -0.434 e. The van der Waals surface area contributed by atoms with Crippen molar-refractivity contribution in [2.75, 3.05) is 0 Å². The minimum absolute atomic E-state index is 0.0777. The lowest BCUT2D eigenvalue weighted by molar-refractivity contribution is 0.523. The Morgan fingerprint density at radius 1 is 1.00 bits per heavy atom. The van der Waals surface area contributed by atoms with E-state index in [0.29, 0.717) is 0 Å². The average molecular weight is 196 g/mol. The number of benzene rings is 1. The quantitative estimate of drug-likeness (QED) is 0.590. The molecule has 3 heteroatoms. The van der Waals surface area contributed by atoms with E-state index in [1.54, 1.807) is 0 Å². The molecule has 1 aromatic rings. The molecule has 1 aliphatic heterocycles. The molecule has 0 amide bonds. The summed E-state index contributed by atoms with van der Waals surface area (Å²) in [6, 6.07) is 7.82. The van der Waals surface area contributed by atoms with Crippen LogP contribution in [0.25, 0.3) is 0 Å². The van der Waals surface area contributed by atoms with Crippen LogP contribution in [0.4, 0.5) is 0 Å². The van der Waals surface area contributed by atoms with Crippen molar-refractivity contribution in [1.82, 2.24) is 0 Å². The molecule has 70 valence electrons. The summed E-state index contributed by atoms with van der Waals surface area (Å²) in [7, 11) is -0.813. The summed E-state index contributed by atoms with van der Waals surface area (Å²) in [5, 5.41) is 0.0777. The van der Waals surface area contributed by atoms with E-state index in [0.717, 1.165) is 11.5 Å². The predicted octanol–water partition coefficient (Wildman–Crippen LogP) is 3.57. The topological polar surface area (TPSA) is 18.5 Å². The van der Waals surface area contributed by atoms with E-state index >= 15 is 0 Å². The summed E-state index contributed by atoms with van der Waals surface area (Å²) in [6.07, 6.45) is 0. The molecule has 0 fully saturated rings. The van der Waals surface area contributed by atoms with E-state index in [9.17, 15) is 0 Å². The molecule has 1 heterocycles. The standard InChI is InChI=1S/C10H13O2P/c1-10(2,3)13-11-8-6-4-5-7-9(8)12-13/h4-7H,1-3H3. The molecular formula is C10H13O2P. The zero-order valence-corrected chi connectivity index (χ0v) is 8.97. The second kappa shape index (κ2) is 2.88. The van der Waals surface area contributed by atoms with Crippen LogP contribution in [-0.4, -0.2) is 5.16 Å². The van der Waals surface area contributed by atoms with Crippen LogP contribution in [-0.2, 0) is 0 Å². The number of fused-ring (bicyclic) bond motifs is 1. The van der Waals surface area contributed by atoms with Crippen LogP contribution in [0.15, 0.2) is 24.3 Å². The van der Waals surface area contributed by atoms with Crippen molar-refractivity contribution in [3.05, 3.63) is 24.3 Å².